The lowest BCUT2D eigenvalue weighted by Crippen LogP contribution is -2.25. The Morgan fingerprint density at radius 2 is 1.83 bits per heavy atom. The van der Waals surface area contributed by atoms with E-state index in [2.05, 4.69) is 0 Å². The number of benzene rings is 1. The van der Waals surface area contributed by atoms with Gasteiger partial charge < -0.3 is 10.6 Å². The van der Waals surface area contributed by atoms with Crippen molar-refractivity contribution in [3.63, 3.8) is 0 Å². The van der Waals surface area contributed by atoms with Crippen molar-refractivity contribution < 1.29 is 8.42 Å². The molecule has 2 N–H and O–H groups in total. The Morgan fingerprint density at radius 1 is 1.28 bits per heavy atom. The highest BCUT2D eigenvalue weighted by Crippen LogP contribution is 2.29. The fraction of sp³-hybridized carbons (Fsp3) is 0.273. The van der Waals surface area contributed by atoms with Gasteiger partial charge in [0.25, 0.3) is 0 Å². The van der Waals surface area contributed by atoms with Gasteiger partial charge in [0.2, 0.25) is 0 Å². The van der Waals surface area contributed by atoms with Crippen LogP contribution in [0.2, 0.25) is 0 Å². The van der Waals surface area contributed by atoms with Gasteiger partial charge >= 0.3 is 0 Å². The van der Waals surface area contributed by atoms with E-state index in [9.17, 15) is 8.42 Å². The lowest BCUT2D eigenvalue weighted by molar-refractivity contribution is 0.602. The Bertz CT molecular complexity index is 609. The molecule has 0 radical (unpaired) electrons. The van der Waals surface area contributed by atoms with Gasteiger partial charge in [-0.15, -0.1) is 0 Å². The number of nitrogen functional groups attached to an aromatic ring is 1. The molecule has 18 heavy (non-hydrogen) atoms. The Balaban J connectivity index is 3.35. The average molecular weight is 264 g/mol. The lowest BCUT2D eigenvalue weighted by Gasteiger charge is -2.21. The molecule has 1 aromatic carbocycles. The second-order valence-corrected chi connectivity index (χ2v) is 5.62. The zero-order valence-corrected chi connectivity index (χ0v) is 10.6. The maximum Gasteiger partial charge on any atom is 0.177 e. The molecule has 1 rings (SSSR count). The van der Waals surface area contributed by atoms with Gasteiger partial charge in [-0.3, -0.25) is 0 Å². The maximum atomic E-state index is 11.5. The highest BCUT2D eigenvalue weighted by Gasteiger charge is 2.17. The van der Waals surface area contributed by atoms with Crippen LogP contribution in [0.15, 0.2) is 23.1 Å². The van der Waals surface area contributed by atoms with E-state index in [0.29, 0.717) is 5.69 Å². The van der Waals surface area contributed by atoms with Crippen molar-refractivity contribution in [3.8, 4) is 12.1 Å². The van der Waals surface area contributed by atoms with Crippen LogP contribution in [0.5, 0.6) is 0 Å². The predicted octanol–water partition coefficient (Wildman–Crippen LogP) is 0.526. The van der Waals surface area contributed by atoms with E-state index in [0.717, 1.165) is 6.26 Å². The Kier molecular flexibility index (Phi) is 4.13. The summed E-state index contributed by atoms with van der Waals surface area (Å²) in [6.45, 7) is -0.0735. The van der Waals surface area contributed by atoms with Gasteiger partial charge in [0.1, 0.15) is 13.1 Å². The summed E-state index contributed by atoms with van der Waals surface area (Å²) in [5, 5.41) is 17.4. The number of anilines is 2. The third-order valence-corrected chi connectivity index (χ3v) is 3.46. The van der Waals surface area contributed by atoms with Crippen LogP contribution in [0.4, 0.5) is 11.4 Å². The number of nitriles is 2. The van der Waals surface area contributed by atoms with Gasteiger partial charge in [-0.05, 0) is 12.1 Å². The molecule has 0 unspecified atom stereocenters. The smallest absolute Gasteiger partial charge is 0.177 e. The van der Waals surface area contributed by atoms with Gasteiger partial charge in [-0.1, -0.05) is 6.07 Å². The van der Waals surface area contributed by atoms with Crippen LogP contribution < -0.4 is 10.6 Å². The molecule has 0 spiro atoms. The molecule has 0 saturated heterocycles. The fourth-order valence-electron chi connectivity index (χ4n) is 1.53. The molecule has 0 aliphatic rings. The minimum absolute atomic E-state index is 0.000814. The summed E-state index contributed by atoms with van der Waals surface area (Å²) in [6, 6.07) is 8.32. The van der Waals surface area contributed by atoms with Crippen molar-refractivity contribution in [2.24, 2.45) is 0 Å². The highest BCUT2D eigenvalue weighted by molar-refractivity contribution is 7.90. The fourth-order valence-corrected chi connectivity index (χ4v) is 2.36. The summed E-state index contributed by atoms with van der Waals surface area (Å²) in [6.07, 6.45) is 1.06. The second-order valence-electron chi connectivity index (χ2n) is 3.63. The molecule has 0 fully saturated rings. The summed E-state index contributed by atoms with van der Waals surface area (Å²) >= 11 is 0. The van der Waals surface area contributed by atoms with Crippen molar-refractivity contribution in [3.05, 3.63) is 18.2 Å². The maximum absolute atomic E-state index is 11.5. The highest BCUT2D eigenvalue weighted by atomic mass is 32.2. The number of nitrogens with zero attached hydrogens (tertiary/aromatic N) is 3. The number of sulfone groups is 1. The second kappa shape index (κ2) is 5.39. The molecule has 94 valence electrons. The first kappa shape index (κ1) is 13.8. The minimum Gasteiger partial charge on any atom is -0.396 e. The first-order chi connectivity index (χ1) is 8.41. The molecule has 6 nitrogen and oxygen atoms in total. The molecule has 1 aromatic rings. The standard InChI is InChI=1S/C11H12N4O2S/c1-18(16,17)10-4-2-3-9(11(10)14)15(7-5-12)8-6-13/h2-4H,7-8,14H2,1H3. The number of rotatable bonds is 4. The molecule has 0 aliphatic heterocycles. The quantitative estimate of drug-likeness (QED) is 0.627. The van der Waals surface area contributed by atoms with Gasteiger partial charge in [0.15, 0.2) is 9.84 Å². The van der Waals surface area contributed by atoms with E-state index < -0.39 is 9.84 Å². The van der Waals surface area contributed by atoms with Crippen LogP contribution in [0.25, 0.3) is 0 Å². The zero-order chi connectivity index (χ0) is 13.8. The van der Waals surface area contributed by atoms with Crippen LogP contribution in [-0.2, 0) is 9.84 Å². The van der Waals surface area contributed by atoms with Crippen LogP contribution in [0, 0.1) is 22.7 Å². The zero-order valence-electron chi connectivity index (χ0n) is 9.79. The first-order valence-corrected chi connectivity index (χ1v) is 6.88. The number of para-hydroxylation sites is 1. The van der Waals surface area contributed by atoms with Crippen LogP contribution in [-0.4, -0.2) is 27.8 Å². The summed E-state index contributed by atoms with van der Waals surface area (Å²) in [5.41, 5.74) is 6.23. The van der Waals surface area contributed by atoms with Crippen LogP contribution in [0.3, 0.4) is 0 Å². The molecular formula is C11H12N4O2S. The predicted molar refractivity (Wildman–Crippen MR) is 67.4 cm³/mol. The topological polar surface area (TPSA) is 111 Å². The first-order valence-electron chi connectivity index (χ1n) is 4.99. The molecule has 0 heterocycles. The average Bonchev–Trinajstić information content (AvgIpc) is 2.27. The van der Waals surface area contributed by atoms with Crippen molar-refractivity contribution >= 4 is 21.2 Å². The molecule has 0 aliphatic carbocycles. The van der Waals surface area contributed by atoms with Crippen LogP contribution in [0.1, 0.15) is 0 Å². The molecular weight excluding hydrogens is 252 g/mol. The van der Waals surface area contributed by atoms with Gasteiger partial charge in [-0.25, -0.2) is 8.42 Å². The van der Waals surface area contributed by atoms with Crippen molar-refractivity contribution in [1.29, 1.82) is 10.5 Å². The number of hydrogen-bond donors (Lipinski definition) is 1. The molecule has 7 heteroatoms. The Hall–Kier alpha value is -2.25. The summed E-state index contributed by atoms with van der Waals surface area (Å²) < 4.78 is 23.0. The molecule has 0 amide bonds. The third-order valence-electron chi connectivity index (χ3n) is 2.31. The van der Waals surface area contributed by atoms with E-state index in [1.54, 1.807) is 6.07 Å². The minimum atomic E-state index is -3.44. The molecule has 0 saturated carbocycles. The van der Waals surface area contributed by atoms with Gasteiger partial charge in [0.05, 0.1) is 28.4 Å². The van der Waals surface area contributed by atoms with Crippen molar-refractivity contribution in [2.75, 3.05) is 30.0 Å². The summed E-state index contributed by atoms with van der Waals surface area (Å²) in [4.78, 5) is 1.42. The molecule has 0 atom stereocenters. The van der Waals surface area contributed by atoms with Crippen molar-refractivity contribution in [1.82, 2.24) is 0 Å². The van der Waals surface area contributed by atoms with Crippen LogP contribution >= 0.6 is 0 Å². The summed E-state index contributed by atoms with van der Waals surface area (Å²) in [7, 11) is -3.44. The number of nitrogens with two attached hydrogens (primary N) is 1. The normalized spacial score (nSPS) is 10.4. The molecule has 0 bridgehead atoms. The van der Waals surface area contributed by atoms with E-state index in [4.69, 9.17) is 16.3 Å². The van der Waals surface area contributed by atoms with Gasteiger partial charge in [0, 0.05) is 6.26 Å². The number of hydrogen-bond acceptors (Lipinski definition) is 6. The van der Waals surface area contributed by atoms with Crippen molar-refractivity contribution in [2.45, 2.75) is 4.90 Å². The van der Waals surface area contributed by atoms with Gasteiger partial charge in [-0.2, -0.15) is 10.5 Å². The molecule has 0 aromatic heterocycles. The monoisotopic (exact) mass is 264 g/mol. The van der Waals surface area contributed by atoms with E-state index in [1.165, 1.54) is 17.0 Å². The lowest BCUT2D eigenvalue weighted by atomic mass is 10.2. The summed E-state index contributed by atoms with van der Waals surface area (Å²) in [5.74, 6) is 0. The van der Waals surface area contributed by atoms with E-state index >= 15 is 0 Å². The Morgan fingerprint density at radius 3 is 2.28 bits per heavy atom. The van der Waals surface area contributed by atoms with E-state index in [-0.39, 0.29) is 23.7 Å². The largest absolute Gasteiger partial charge is 0.396 e. The SMILES string of the molecule is CS(=O)(=O)c1cccc(N(CC#N)CC#N)c1N. The van der Waals surface area contributed by atoms with E-state index in [1.807, 2.05) is 12.1 Å². The third kappa shape index (κ3) is 2.90. The Labute approximate surface area is 106 Å².